The second-order valence-electron chi connectivity index (χ2n) is 8.36. The van der Waals surface area contributed by atoms with Gasteiger partial charge in [0.05, 0.1) is 43.0 Å². The lowest BCUT2D eigenvalue weighted by Crippen LogP contribution is -2.67. The van der Waals surface area contributed by atoms with E-state index in [0.717, 1.165) is 55.4 Å². The molecule has 178 valence electrons. The topological polar surface area (TPSA) is 50.8 Å². The third-order valence-electron chi connectivity index (χ3n) is 6.45. The van der Waals surface area contributed by atoms with Crippen molar-refractivity contribution in [2.45, 2.75) is 35.5 Å². The Morgan fingerprint density at radius 2 is 1.85 bits per heavy atom. The number of amides is 1. The highest BCUT2D eigenvalue weighted by Crippen LogP contribution is 2.42. The Hall–Kier alpha value is -2.23. The maximum absolute atomic E-state index is 13.6. The van der Waals surface area contributed by atoms with Crippen LogP contribution in [-0.4, -0.2) is 56.0 Å². The van der Waals surface area contributed by atoms with E-state index in [4.69, 9.17) is 9.47 Å². The van der Waals surface area contributed by atoms with Crippen LogP contribution in [0.15, 0.2) is 47.4 Å². The van der Waals surface area contributed by atoms with Crippen molar-refractivity contribution in [3.8, 4) is 5.75 Å². The minimum atomic E-state index is -4.54. The lowest BCUT2D eigenvalue weighted by Gasteiger charge is -2.53. The van der Waals surface area contributed by atoms with E-state index in [1.165, 1.54) is 7.11 Å². The summed E-state index contributed by atoms with van der Waals surface area (Å²) in [4.78, 5) is 16.2. The molecule has 33 heavy (non-hydrogen) atoms. The first-order valence-electron chi connectivity index (χ1n) is 10.8. The van der Waals surface area contributed by atoms with Gasteiger partial charge < -0.3 is 14.8 Å². The lowest BCUT2D eigenvalue weighted by atomic mass is 9.81. The predicted octanol–water partition coefficient (Wildman–Crippen LogP) is 4.77. The van der Waals surface area contributed by atoms with E-state index in [1.807, 2.05) is 30.3 Å². The molecule has 2 saturated heterocycles. The molecule has 0 bridgehead atoms. The molecule has 2 aromatic carbocycles. The van der Waals surface area contributed by atoms with Gasteiger partial charge in [-0.1, -0.05) is 30.3 Å². The number of nitrogens with one attached hydrogen (secondary N) is 1. The average Bonchev–Trinajstić information content (AvgIpc) is 3.31. The number of hydrogen-bond acceptors (Lipinski definition) is 5. The lowest BCUT2D eigenvalue weighted by molar-refractivity contribution is -0.150. The van der Waals surface area contributed by atoms with Crippen molar-refractivity contribution in [2.24, 2.45) is 0 Å². The zero-order valence-corrected chi connectivity index (χ0v) is 19.4. The van der Waals surface area contributed by atoms with Crippen molar-refractivity contribution < 1.29 is 27.4 Å². The van der Waals surface area contributed by atoms with Crippen LogP contribution in [-0.2, 0) is 10.9 Å². The SMILES string of the molecule is COc1cc(C(F)(F)F)cc(SC)c1C(=O)NC(c1ccccc1)C1(N2CCCC2)COC1. The number of nitrogens with zero attached hydrogens (tertiary/aromatic N) is 1. The Bertz CT molecular complexity index is 965. The van der Waals surface area contributed by atoms with Crippen LogP contribution in [0, 0.1) is 0 Å². The normalized spacial score (nSPS) is 19.1. The molecule has 0 aliphatic carbocycles. The molecule has 2 aliphatic heterocycles. The maximum Gasteiger partial charge on any atom is 0.416 e. The van der Waals surface area contributed by atoms with Gasteiger partial charge in [-0.25, -0.2) is 0 Å². The first-order valence-corrected chi connectivity index (χ1v) is 12.0. The van der Waals surface area contributed by atoms with Crippen LogP contribution in [0.25, 0.3) is 0 Å². The van der Waals surface area contributed by atoms with E-state index in [-0.39, 0.29) is 22.3 Å². The number of benzene rings is 2. The molecule has 0 saturated carbocycles. The number of thioether (sulfide) groups is 1. The largest absolute Gasteiger partial charge is 0.496 e. The molecule has 0 spiro atoms. The van der Waals surface area contributed by atoms with Crippen molar-refractivity contribution in [2.75, 3.05) is 39.7 Å². The molecule has 0 aromatic heterocycles. The number of carbonyl (C=O) groups is 1. The van der Waals surface area contributed by atoms with Gasteiger partial charge in [0.15, 0.2) is 0 Å². The summed E-state index contributed by atoms with van der Waals surface area (Å²) in [7, 11) is 1.27. The molecule has 1 N–H and O–H groups in total. The van der Waals surface area contributed by atoms with Crippen LogP contribution in [0.1, 0.15) is 40.4 Å². The number of hydrogen-bond donors (Lipinski definition) is 1. The first-order chi connectivity index (χ1) is 15.8. The number of ether oxygens (including phenoxy) is 2. The van der Waals surface area contributed by atoms with Gasteiger partial charge >= 0.3 is 6.18 Å². The predicted molar refractivity (Wildman–Crippen MR) is 121 cm³/mol. The van der Waals surface area contributed by atoms with Gasteiger partial charge in [-0.15, -0.1) is 11.8 Å². The molecule has 2 aliphatic rings. The molecule has 2 aromatic rings. The van der Waals surface area contributed by atoms with E-state index in [1.54, 1.807) is 6.26 Å². The summed E-state index contributed by atoms with van der Waals surface area (Å²) in [5.74, 6) is -0.567. The van der Waals surface area contributed by atoms with Crippen LogP contribution in [0.5, 0.6) is 5.75 Å². The minimum Gasteiger partial charge on any atom is -0.496 e. The summed E-state index contributed by atoms with van der Waals surface area (Å²) in [6.45, 7) is 2.79. The second-order valence-corrected chi connectivity index (χ2v) is 9.21. The fourth-order valence-electron chi connectivity index (χ4n) is 4.68. The molecule has 9 heteroatoms. The number of methoxy groups -OCH3 is 1. The van der Waals surface area contributed by atoms with Crippen LogP contribution >= 0.6 is 11.8 Å². The number of halogens is 3. The van der Waals surface area contributed by atoms with E-state index in [0.29, 0.717) is 13.2 Å². The van der Waals surface area contributed by atoms with E-state index in [2.05, 4.69) is 10.2 Å². The maximum atomic E-state index is 13.6. The zero-order valence-electron chi connectivity index (χ0n) is 18.6. The van der Waals surface area contributed by atoms with Crippen LogP contribution in [0.2, 0.25) is 0 Å². The van der Waals surface area contributed by atoms with Crippen molar-refractivity contribution >= 4 is 17.7 Å². The fourth-order valence-corrected chi connectivity index (χ4v) is 5.32. The first kappa shape index (κ1) is 23.9. The number of rotatable bonds is 7. The summed E-state index contributed by atoms with van der Waals surface area (Å²) in [6.07, 6.45) is -0.727. The molecular formula is C24H27F3N2O3S. The van der Waals surface area contributed by atoms with Gasteiger partial charge in [-0.2, -0.15) is 13.2 Å². The van der Waals surface area contributed by atoms with Gasteiger partial charge in [0.1, 0.15) is 5.75 Å². The van der Waals surface area contributed by atoms with Crippen molar-refractivity contribution in [3.05, 3.63) is 59.2 Å². The van der Waals surface area contributed by atoms with Crippen molar-refractivity contribution in [3.63, 3.8) is 0 Å². The van der Waals surface area contributed by atoms with Crippen molar-refractivity contribution in [1.29, 1.82) is 0 Å². The molecule has 4 rings (SSSR count). The van der Waals surface area contributed by atoms with Gasteiger partial charge in [-0.05, 0) is 49.9 Å². The highest BCUT2D eigenvalue weighted by molar-refractivity contribution is 7.98. The summed E-state index contributed by atoms with van der Waals surface area (Å²) < 4.78 is 51.0. The number of likely N-dealkylation sites (tertiary alicyclic amines) is 1. The highest BCUT2D eigenvalue weighted by atomic mass is 32.2. The molecule has 5 nitrogen and oxygen atoms in total. The number of alkyl halides is 3. The standard InChI is InChI=1S/C24H27F3N2O3S/c1-31-18-12-17(24(25,26)27)13-19(33-2)20(18)22(30)28-21(16-8-4-3-5-9-16)23(14-32-15-23)29-10-6-7-11-29/h3-5,8-9,12-13,21H,6-7,10-11,14-15H2,1-2H3,(H,28,30). The van der Waals surface area contributed by atoms with Crippen LogP contribution in [0.4, 0.5) is 13.2 Å². The van der Waals surface area contributed by atoms with Gasteiger partial charge in [0, 0.05) is 4.90 Å². The Morgan fingerprint density at radius 1 is 1.18 bits per heavy atom. The average molecular weight is 481 g/mol. The molecule has 1 amide bonds. The van der Waals surface area contributed by atoms with Crippen LogP contribution < -0.4 is 10.1 Å². The summed E-state index contributed by atoms with van der Waals surface area (Å²) in [5.41, 5.74) is -0.208. The monoisotopic (exact) mass is 480 g/mol. The molecule has 1 atom stereocenters. The summed E-state index contributed by atoms with van der Waals surface area (Å²) >= 11 is 1.08. The highest BCUT2D eigenvalue weighted by Gasteiger charge is 2.52. The summed E-state index contributed by atoms with van der Waals surface area (Å²) in [6, 6.07) is 11.2. The van der Waals surface area contributed by atoms with Gasteiger partial charge in [0.2, 0.25) is 0 Å². The van der Waals surface area contributed by atoms with Crippen LogP contribution in [0.3, 0.4) is 0 Å². The molecule has 1 unspecified atom stereocenters. The Kier molecular flexibility index (Phi) is 6.93. The fraction of sp³-hybridized carbons (Fsp3) is 0.458. The smallest absolute Gasteiger partial charge is 0.416 e. The summed E-state index contributed by atoms with van der Waals surface area (Å²) in [5, 5.41) is 3.14. The third-order valence-corrected chi connectivity index (χ3v) is 7.21. The third kappa shape index (κ3) is 4.58. The zero-order chi connectivity index (χ0) is 23.6. The number of carbonyl (C=O) groups excluding carboxylic acids is 1. The van der Waals surface area contributed by atoms with Crippen molar-refractivity contribution in [1.82, 2.24) is 10.2 Å². The molecule has 2 heterocycles. The van der Waals surface area contributed by atoms with E-state index >= 15 is 0 Å². The van der Waals surface area contributed by atoms with Gasteiger partial charge in [0.25, 0.3) is 5.91 Å². The molecule has 2 fully saturated rings. The van der Waals surface area contributed by atoms with E-state index in [9.17, 15) is 18.0 Å². The van der Waals surface area contributed by atoms with E-state index < -0.39 is 23.2 Å². The van der Waals surface area contributed by atoms with Gasteiger partial charge in [-0.3, -0.25) is 9.69 Å². The second kappa shape index (κ2) is 9.56. The molecule has 0 radical (unpaired) electrons. The molecular weight excluding hydrogens is 453 g/mol. The minimum absolute atomic E-state index is 0.0985. The Morgan fingerprint density at radius 3 is 2.36 bits per heavy atom. The quantitative estimate of drug-likeness (QED) is 0.579. The Labute approximate surface area is 195 Å². The Balaban J connectivity index is 1.74.